The van der Waals surface area contributed by atoms with E-state index in [1.807, 2.05) is 13.0 Å². The summed E-state index contributed by atoms with van der Waals surface area (Å²) in [5.74, 6) is -1.02. The smallest absolute Gasteiger partial charge is 0.340 e. The van der Waals surface area contributed by atoms with E-state index in [2.05, 4.69) is 10.3 Å². The van der Waals surface area contributed by atoms with E-state index in [-0.39, 0.29) is 29.2 Å². The first-order valence-electron chi connectivity index (χ1n) is 9.11. The maximum atomic E-state index is 12.6. The monoisotopic (exact) mass is 403 g/mol. The number of nitrogens with one attached hydrogen (secondary N) is 1. The largest absolute Gasteiger partial charge is 0.459 e. The lowest BCUT2D eigenvalue weighted by Gasteiger charge is -2.10. The van der Waals surface area contributed by atoms with Gasteiger partial charge in [-0.25, -0.2) is 9.78 Å². The highest BCUT2D eigenvalue weighted by Crippen LogP contribution is 2.18. The lowest BCUT2D eigenvalue weighted by molar-refractivity contribution is 0.0469. The van der Waals surface area contributed by atoms with Crippen LogP contribution in [0.15, 0.2) is 76.3 Å². The second-order valence-electron chi connectivity index (χ2n) is 6.57. The predicted molar refractivity (Wildman–Crippen MR) is 108 cm³/mol. The molecular formula is C22H17N3O5. The van der Waals surface area contributed by atoms with Crippen molar-refractivity contribution >= 4 is 23.2 Å². The summed E-state index contributed by atoms with van der Waals surface area (Å²) in [5, 5.41) is 2.63. The van der Waals surface area contributed by atoms with Gasteiger partial charge >= 0.3 is 5.97 Å². The topological polar surface area (TPSA) is 103 Å². The molecule has 0 unspecified atom stereocenters. The van der Waals surface area contributed by atoms with Gasteiger partial charge in [0, 0.05) is 12.3 Å². The summed E-state index contributed by atoms with van der Waals surface area (Å²) in [6.45, 7) is 1.71. The number of aromatic nitrogens is 2. The lowest BCUT2D eigenvalue weighted by Crippen LogP contribution is -2.18. The summed E-state index contributed by atoms with van der Waals surface area (Å²) in [7, 11) is 0. The summed E-state index contributed by atoms with van der Waals surface area (Å²) < 4.78 is 11.8. The highest BCUT2D eigenvalue weighted by atomic mass is 16.5. The molecule has 0 aliphatic rings. The number of rotatable bonds is 5. The van der Waals surface area contributed by atoms with Gasteiger partial charge in [-0.05, 0) is 48.9 Å². The standard InChI is InChI=1S/C22H17N3O5/c1-14-8-9-25-19(11-14)23-15(12-20(25)26)13-30-22(28)16-5-2-3-6-17(16)24-21(27)18-7-4-10-29-18/h2-12H,13H2,1H3,(H,24,27). The van der Waals surface area contributed by atoms with Crippen molar-refractivity contribution < 1.29 is 18.7 Å². The maximum Gasteiger partial charge on any atom is 0.340 e. The van der Waals surface area contributed by atoms with Crippen molar-refractivity contribution in [3.63, 3.8) is 0 Å². The van der Waals surface area contributed by atoms with Gasteiger partial charge < -0.3 is 14.5 Å². The molecule has 0 aliphatic heterocycles. The molecule has 0 saturated carbocycles. The van der Waals surface area contributed by atoms with Gasteiger partial charge in [-0.2, -0.15) is 0 Å². The number of benzene rings is 1. The Morgan fingerprint density at radius 2 is 1.97 bits per heavy atom. The van der Waals surface area contributed by atoms with Gasteiger partial charge in [0.1, 0.15) is 12.3 Å². The number of hydrogen-bond donors (Lipinski definition) is 1. The number of nitrogens with zero attached hydrogens (tertiary/aromatic N) is 2. The number of carbonyl (C=O) groups is 2. The second-order valence-corrected chi connectivity index (χ2v) is 6.57. The summed E-state index contributed by atoms with van der Waals surface area (Å²) in [6.07, 6.45) is 3.03. The minimum Gasteiger partial charge on any atom is -0.459 e. The Kier molecular flexibility index (Phi) is 5.13. The number of aryl methyl sites for hydroxylation is 1. The summed E-state index contributed by atoms with van der Waals surface area (Å²) >= 11 is 0. The molecule has 0 fully saturated rings. The van der Waals surface area contributed by atoms with Gasteiger partial charge in [0.25, 0.3) is 11.5 Å². The molecule has 1 amide bonds. The lowest BCUT2D eigenvalue weighted by atomic mass is 10.1. The van der Waals surface area contributed by atoms with Crippen molar-refractivity contribution in [2.75, 3.05) is 5.32 Å². The minimum absolute atomic E-state index is 0.120. The van der Waals surface area contributed by atoms with E-state index in [0.717, 1.165) is 5.56 Å². The molecule has 0 aliphatic carbocycles. The van der Waals surface area contributed by atoms with Gasteiger partial charge in [-0.3, -0.25) is 14.0 Å². The number of furan rings is 1. The molecule has 8 nitrogen and oxygen atoms in total. The fraction of sp³-hybridized carbons (Fsp3) is 0.0909. The Balaban J connectivity index is 1.52. The average Bonchev–Trinajstić information content (AvgIpc) is 3.27. The van der Waals surface area contributed by atoms with Gasteiger partial charge in [0.05, 0.1) is 23.2 Å². The average molecular weight is 403 g/mol. The molecular weight excluding hydrogens is 386 g/mol. The van der Waals surface area contributed by atoms with Crippen molar-refractivity contribution in [3.05, 3.63) is 100.0 Å². The van der Waals surface area contributed by atoms with Gasteiger partial charge in [0.15, 0.2) is 5.76 Å². The molecule has 0 bridgehead atoms. The molecule has 4 rings (SSSR count). The molecule has 1 N–H and O–H groups in total. The second kappa shape index (κ2) is 8.04. The van der Waals surface area contributed by atoms with E-state index in [1.165, 1.54) is 28.9 Å². The van der Waals surface area contributed by atoms with Crippen molar-refractivity contribution in [2.45, 2.75) is 13.5 Å². The van der Waals surface area contributed by atoms with Crippen LogP contribution in [0.5, 0.6) is 0 Å². The van der Waals surface area contributed by atoms with Gasteiger partial charge in [-0.1, -0.05) is 12.1 Å². The van der Waals surface area contributed by atoms with Crippen LogP contribution >= 0.6 is 0 Å². The number of ether oxygens (including phenoxy) is 1. The summed E-state index contributed by atoms with van der Waals surface area (Å²) in [5.41, 5.74) is 1.95. The molecule has 3 heterocycles. The third kappa shape index (κ3) is 3.97. The predicted octanol–water partition coefficient (Wildman–Crippen LogP) is 3.21. The first kappa shape index (κ1) is 19.1. The van der Waals surface area contributed by atoms with E-state index in [1.54, 1.807) is 36.5 Å². The maximum absolute atomic E-state index is 12.6. The number of carbonyl (C=O) groups excluding carboxylic acids is 2. The van der Waals surface area contributed by atoms with Crippen LogP contribution in [0.3, 0.4) is 0 Å². The molecule has 0 atom stereocenters. The summed E-state index contributed by atoms with van der Waals surface area (Å²) in [4.78, 5) is 41.4. The van der Waals surface area contributed by atoms with Crippen LogP contribution < -0.4 is 10.9 Å². The SMILES string of the molecule is Cc1ccn2c(=O)cc(COC(=O)c3ccccc3NC(=O)c3ccco3)nc2c1. The molecule has 4 aromatic rings. The third-order valence-corrected chi connectivity index (χ3v) is 4.37. The number of esters is 1. The van der Waals surface area contributed by atoms with Crippen LogP contribution in [0.2, 0.25) is 0 Å². The fourth-order valence-electron chi connectivity index (χ4n) is 2.91. The first-order valence-corrected chi connectivity index (χ1v) is 9.11. The van der Waals surface area contributed by atoms with E-state index >= 15 is 0 Å². The van der Waals surface area contributed by atoms with Crippen LogP contribution in [0.4, 0.5) is 5.69 Å². The molecule has 3 aromatic heterocycles. The Hall–Kier alpha value is -4.20. The van der Waals surface area contributed by atoms with E-state index in [4.69, 9.17) is 9.15 Å². The van der Waals surface area contributed by atoms with Crippen molar-refractivity contribution in [3.8, 4) is 0 Å². The molecule has 150 valence electrons. The molecule has 8 heteroatoms. The molecule has 0 saturated heterocycles. The van der Waals surface area contributed by atoms with Gasteiger partial charge in [-0.15, -0.1) is 0 Å². The first-order chi connectivity index (χ1) is 14.5. The zero-order valence-electron chi connectivity index (χ0n) is 16.0. The Labute approximate surface area is 170 Å². The van der Waals surface area contributed by atoms with Gasteiger partial charge in [0.2, 0.25) is 0 Å². The number of pyridine rings is 1. The van der Waals surface area contributed by atoms with E-state index in [0.29, 0.717) is 11.3 Å². The number of hydrogen-bond acceptors (Lipinski definition) is 6. The van der Waals surface area contributed by atoms with Crippen molar-refractivity contribution in [1.82, 2.24) is 9.38 Å². The highest BCUT2D eigenvalue weighted by Gasteiger charge is 2.17. The van der Waals surface area contributed by atoms with Crippen LogP contribution in [-0.2, 0) is 11.3 Å². The third-order valence-electron chi connectivity index (χ3n) is 4.37. The van der Waals surface area contributed by atoms with E-state index < -0.39 is 11.9 Å². The Bertz CT molecular complexity index is 1290. The number of fused-ring (bicyclic) bond motifs is 1. The van der Waals surface area contributed by atoms with Crippen molar-refractivity contribution in [1.29, 1.82) is 0 Å². The van der Waals surface area contributed by atoms with E-state index in [9.17, 15) is 14.4 Å². The van der Waals surface area contributed by atoms with Crippen LogP contribution in [-0.4, -0.2) is 21.3 Å². The molecule has 0 spiro atoms. The fourth-order valence-corrected chi connectivity index (χ4v) is 2.91. The normalized spacial score (nSPS) is 10.7. The van der Waals surface area contributed by atoms with Crippen LogP contribution in [0, 0.1) is 6.92 Å². The van der Waals surface area contributed by atoms with Crippen LogP contribution in [0.25, 0.3) is 5.65 Å². The Morgan fingerprint density at radius 3 is 2.77 bits per heavy atom. The minimum atomic E-state index is -0.656. The zero-order chi connectivity index (χ0) is 21.1. The molecule has 30 heavy (non-hydrogen) atoms. The van der Waals surface area contributed by atoms with Crippen LogP contribution in [0.1, 0.15) is 32.2 Å². The number of anilines is 1. The molecule has 0 radical (unpaired) electrons. The summed E-state index contributed by atoms with van der Waals surface area (Å²) in [6, 6.07) is 14.5. The Morgan fingerprint density at radius 1 is 1.13 bits per heavy atom. The zero-order valence-corrected chi connectivity index (χ0v) is 16.0. The molecule has 1 aromatic carbocycles. The number of para-hydroxylation sites is 1. The highest BCUT2D eigenvalue weighted by molar-refractivity contribution is 6.06. The quantitative estimate of drug-likeness (QED) is 0.513. The number of amides is 1. The van der Waals surface area contributed by atoms with Crippen molar-refractivity contribution in [2.24, 2.45) is 0 Å².